The SMILES string of the molecule is CS(=O)(=O)Nc1cc2c(cc1Nc1nc(Cl)ncc1Br)OCO2. The quantitative estimate of drug-likeness (QED) is 0.732. The normalized spacial score (nSPS) is 13.0. The van der Waals surface area contributed by atoms with Crippen LogP contribution in [-0.4, -0.2) is 31.4 Å². The van der Waals surface area contributed by atoms with Crippen LogP contribution in [0.4, 0.5) is 17.2 Å². The van der Waals surface area contributed by atoms with E-state index in [1.54, 1.807) is 6.07 Å². The van der Waals surface area contributed by atoms with Crippen molar-refractivity contribution in [3.63, 3.8) is 0 Å². The van der Waals surface area contributed by atoms with E-state index in [1.807, 2.05) is 0 Å². The fourth-order valence-electron chi connectivity index (χ4n) is 1.89. The standard InChI is InChI=1S/C12H10BrClN4O4S/c1-23(19,20)18-8-3-10-9(21-5-22-10)2-7(8)16-11-6(13)4-15-12(14)17-11/h2-4,18H,5H2,1H3,(H,15,16,17). The van der Waals surface area contributed by atoms with Crippen LogP contribution in [0.25, 0.3) is 0 Å². The summed E-state index contributed by atoms with van der Waals surface area (Å²) in [5.74, 6) is 1.31. The van der Waals surface area contributed by atoms with Gasteiger partial charge in [0.1, 0.15) is 5.82 Å². The van der Waals surface area contributed by atoms with Crippen LogP contribution in [0.3, 0.4) is 0 Å². The minimum atomic E-state index is -3.48. The minimum absolute atomic E-state index is 0.0501. The molecule has 122 valence electrons. The first-order valence-electron chi connectivity index (χ1n) is 6.18. The third-order valence-corrected chi connectivity index (χ3v) is 4.13. The average molecular weight is 422 g/mol. The van der Waals surface area contributed by atoms with Gasteiger partial charge in [-0.3, -0.25) is 4.72 Å². The number of halogens is 2. The van der Waals surface area contributed by atoms with Crippen molar-refractivity contribution in [3.05, 3.63) is 28.1 Å². The molecule has 8 nitrogen and oxygen atoms in total. The number of fused-ring (bicyclic) bond motifs is 1. The van der Waals surface area contributed by atoms with E-state index in [1.165, 1.54) is 12.3 Å². The molecule has 0 atom stereocenters. The van der Waals surface area contributed by atoms with Crippen molar-refractivity contribution in [1.29, 1.82) is 0 Å². The van der Waals surface area contributed by atoms with Crippen molar-refractivity contribution >= 4 is 54.7 Å². The molecule has 0 radical (unpaired) electrons. The Labute approximate surface area is 145 Å². The summed E-state index contributed by atoms with van der Waals surface area (Å²) in [6, 6.07) is 3.14. The summed E-state index contributed by atoms with van der Waals surface area (Å²) >= 11 is 9.08. The summed E-state index contributed by atoms with van der Waals surface area (Å²) in [5, 5.41) is 3.04. The maximum Gasteiger partial charge on any atom is 0.231 e. The number of nitrogens with one attached hydrogen (secondary N) is 2. The minimum Gasteiger partial charge on any atom is -0.454 e. The van der Waals surface area contributed by atoms with E-state index in [0.717, 1.165) is 6.26 Å². The van der Waals surface area contributed by atoms with Gasteiger partial charge in [0, 0.05) is 18.3 Å². The smallest absolute Gasteiger partial charge is 0.231 e. The highest BCUT2D eigenvalue weighted by molar-refractivity contribution is 9.10. The molecular formula is C12H10BrClN4O4S. The zero-order valence-electron chi connectivity index (χ0n) is 11.6. The fourth-order valence-corrected chi connectivity index (χ4v) is 2.88. The van der Waals surface area contributed by atoms with Crippen molar-refractivity contribution in [1.82, 2.24) is 9.97 Å². The number of benzene rings is 1. The van der Waals surface area contributed by atoms with Crippen molar-refractivity contribution < 1.29 is 17.9 Å². The van der Waals surface area contributed by atoms with Crippen molar-refractivity contribution in [2.75, 3.05) is 23.1 Å². The lowest BCUT2D eigenvalue weighted by Crippen LogP contribution is -2.11. The van der Waals surface area contributed by atoms with E-state index in [9.17, 15) is 8.42 Å². The van der Waals surface area contributed by atoms with Gasteiger partial charge in [-0.2, -0.15) is 4.98 Å². The van der Waals surface area contributed by atoms with Gasteiger partial charge in [0.15, 0.2) is 11.5 Å². The van der Waals surface area contributed by atoms with E-state index in [-0.39, 0.29) is 12.1 Å². The van der Waals surface area contributed by atoms with Crippen molar-refractivity contribution in [3.8, 4) is 11.5 Å². The number of sulfonamides is 1. The lowest BCUT2D eigenvalue weighted by atomic mass is 10.2. The molecule has 0 bridgehead atoms. The molecule has 0 saturated carbocycles. The Hall–Kier alpha value is -1.78. The predicted molar refractivity (Wildman–Crippen MR) is 89.1 cm³/mol. The molecule has 0 aliphatic carbocycles. The first-order chi connectivity index (χ1) is 10.8. The lowest BCUT2D eigenvalue weighted by Gasteiger charge is -2.14. The molecule has 11 heteroatoms. The molecule has 0 spiro atoms. The zero-order chi connectivity index (χ0) is 16.6. The van der Waals surface area contributed by atoms with Crippen LogP contribution in [0.2, 0.25) is 5.28 Å². The Bertz CT molecular complexity index is 878. The summed E-state index contributed by atoms with van der Waals surface area (Å²) in [4.78, 5) is 7.88. The highest BCUT2D eigenvalue weighted by atomic mass is 79.9. The maximum atomic E-state index is 11.6. The number of anilines is 3. The summed E-state index contributed by atoms with van der Waals surface area (Å²) < 4.78 is 36.7. The van der Waals surface area contributed by atoms with Gasteiger partial charge < -0.3 is 14.8 Å². The van der Waals surface area contributed by atoms with Crippen molar-refractivity contribution in [2.45, 2.75) is 0 Å². The number of ether oxygens (including phenoxy) is 2. The second-order valence-electron chi connectivity index (χ2n) is 4.59. The average Bonchev–Trinajstić information content (AvgIpc) is 2.88. The molecule has 23 heavy (non-hydrogen) atoms. The predicted octanol–water partition coefficient (Wildman–Crippen LogP) is 2.74. The Morgan fingerprint density at radius 1 is 1.26 bits per heavy atom. The van der Waals surface area contributed by atoms with E-state index >= 15 is 0 Å². The molecular weight excluding hydrogens is 412 g/mol. The molecule has 2 N–H and O–H groups in total. The molecule has 0 saturated heterocycles. The Kier molecular flexibility index (Phi) is 4.21. The largest absolute Gasteiger partial charge is 0.454 e. The number of aromatic nitrogens is 2. The molecule has 1 aliphatic heterocycles. The molecule has 0 fully saturated rings. The molecule has 2 heterocycles. The molecule has 1 aromatic carbocycles. The number of nitrogens with zero attached hydrogens (tertiary/aromatic N) is 2. The second-order valence-corrected chi connectivity index (χ2v) is 7.53. The van der Waals surface area contributed by atoms with Crippen LogP contribution >= 0.6 is 27.5 Å². The van der Waals surface area contributed by atoms with Gasteiger partial charge in [0.05, 0.1) is 22.1 Å². The third-order valence-electron chi connectivity index (χ3n) is 2.78. The van der Waals surface area contributed by atoms with E-state index in [4.69, 9.17) is 21.1 Å². The molecule has 2 aromatic rings. The molecule has 0 amide bonds. The number of rotatable bonds is 4. The molecule has 3 rings (SSSR count). The summed E-state index contributed by atoms with van der Waals surface area (Å²) in [6.45, 7) is 0.0696. The van der Waals surface area contributed by atoms with Crippen LogP contribution in [0.1, 0.15) is 0 Å². The van der Waals surface area contributed by atoms with Crippen LogP contribution in [-0.2, 0) is 10.0 Å². The third kappa shape index (κ3) is 3.77. The van der Waals surface area contributed by atoms with Gasteiger partial charge in [-0.1, -0.05) is 0 Å². The van der Waals surface area contributed by atoms with Gasteiger partial charge in [-0.15, -0.1) is 0 Å². The van der Waals surface area contributed by atoms with E-state index in [2.05, 4.69) is 35.9 Å². The van der Waals surface area contributed by atoms with E-state index in [0.29, 0.717) is 33.2 Å². The van der Waals surface area contributed by atoms with Crippen LogP contribution in [0.15, 0.2) is 22.8 Å². The van der Waals surface area contributed by atoms with Crippen molar-refractivity contribution in [2.24, 2.45) is 0 Å². The van der Waals surface area contributed by atoms with Gasteiger partial charge in [0.2, 0.25) is 22.1 Å². The zero-order valence-corrected chi connectivity index (χ0v) is 14.8. The Balaban J connectivity index is 2.04. The first-order valence-corrected chi connectivity index (χ1v) is 9.24. The number of hydrogen-bond donors (Lipinski definition) is 2. The first kappa shape index (κ1) is 16.1. The lowest BCUT2D eigenvalue weighted by molar-refractivity contribution is 0.174. The van der Waals surface area contributed by atoms with E-state index < -0.39 is 10.0 Å². The Morgan fingerprint density at radius 3 is 2.57 bits per heavy atom. The monoisotopic (exact) mass is 420 g/mol. The molecule has 0 unspecified atom stereocenters. The van der Waals surface area contributed by atoms with Gasteiger partial charge in [0.25, 0.3) is 0 Å². The summed E-state index contributed by atoms with van der Waals surface area (Å²) in [6.07, 6.45) is 2.53. The van der Waals surface area contributed by atoms with Crippen LogP contribution in [0, 0.1) is 0 Å². The highest BCUT2D eigenvalue weighted by Gasteiger charge is 2.20. The topological polar surface area (TPSA) is 102 Å². The van der Waals surface area contributed by atoms with Gasteiger partial charge >= 0.3 is 0 Å². The Morgan fingerprint density at radius 2 is 1.91 bits per heavy atom. The molecule has 1 aromatic heterocycles. The van der Waals surface area contributed by atoms with Gasteiger partial charge in [-0.25, -0.2) is 13.4 Å². The van der Waals surface area contributed by atoms with Crippen LogP contribution in [0.5, 0.6) is 11.5 Å². The van der Waals surface area contributed by atoms with Gasteiger partial charge in [-0.05, 0) is 27.5 Å². The molecule has 1 aliphatic rings. The summed E-state index contributed by atoms with van der Waals surface area (Å²) in [7, 11) is -3.48. The maximum absolute atomic E-state index is 11.6. The summed E-state index contributed by atoms with van der Waals surface area (Å²) in [5.41, 5.74) is 0.716. The highest BCUT2D eigenvalue weighted by Crippen LogP contribution is 2.41. The second kappa shape index (κ2) is 6.02. The van der Waals surface area contributed by atoms with Crippen LogP contribution < -0.4 is 19.5 Å². The fraction of sp³-hybridized carbons (Fsp3) is 0.167. The number of hydrogen-bond acceptors (Lipinski definition) is 7.